The van der Waals surface area contributed by atoms with E-state index in [4.69, 9.17) is 0 Å². The number of rotatable bonds is 3. The van der Waals surface area contributed by atoms with Gasteiger partial charge in [0.15, 0.2) is 0 Å². The van der Waals surface area contributed by atoms with E-state index in [0.717, 1.165) is 27.2 Å². The van der Waals surface area contributed by atoms with Crippen LogP contribution in [-0.4, -0.2) is 17.0 Å². The second kappa shape index (κ2) is 5.39. The second-order valence-corrected chi connectivity index (χ2v) is 6.02. The SMILES string of the molecule is CNC(C)(C)c1nc(C)cc(-c2ccc(Br)cc2)n1. The van der Waals surface area contributed by atoms with Crippen molar-refractivity contribution in [3.63, 3.8) is 0 Å². The van der Waals surface area contributed by atoms with Gasteiger partial charge in [-0.2, -0.15) is 0 Å². The average molecular weight is 320 g/mol. The Morgan fingerprint density at radius 2 is 1.74 bits per heavy atom. The fourth-order valence-electron chi connectivity index (χ4n) is 1.73. The summed E-state index contributed by atoms with van der Waals surface area (Å²) in [7, 11) is 1.92. The summed E-state index contributed by atoms with van der Waals surface area (Å²) in [4.78, 5) is 9.22. The second-order valence-electron chi connectivity index (χ2n) is 5.10. The number of aryl methyl sites for hydroxylation is 1. The van der Waals surface area contributed by atoms with Gasteiger partial charge in [-0.05, 0) is 46.0 Å². The molecule has 2 rings (SSSR count). The summed E-state index contributed by atoms with van der Waals surface area (Å²) in [5.41, 5.74) is 2.79. The van der Waals surface area contributed by atoms with Gasteiger partial charge < -0.3 is 5.32 Å². The minimum Gasteiger partial charge on any atom is -0.308 e. The van der Waals surface area contributed by atoms with Gasteiger partial charge in [-0.1, -0.05) is 28.1 Å². The highest BCUT2D eigenvalue weighted by Gasteiger charge is 2.22. The third-order valence-corrected chi connectivity index (χ3v) is 3.71. The van der Waals surface area contributed by atoms with Crippen molar-refractivity contribution >= 4 is 15.9 Å². The first kappa shape index (κ1) is 14.2. The lowest BCUT2D eigenvalue weighted by Crippen LogP contribution is -2.35. The highest BCUT2D eigenvalue weighted by molar-refractivity contribution is 9.10. The molecule has 0 amide bonds. The van der Waals surface area contributed by atoms with Crippen molar-refractivity contribution in [1.82, 2.24) is 15.3 Å². The third kappa shape index (κ3) is 3.19. The molecule has 4 heteroatoms. The largest absolute Gasteiger partial charge is 0.308 e. The van der Waals surface area contributed by atoms with Crippen molar-refractivity contribution in [1.29, 1.82) is 0 Å². The molecule has 100 valence electrons. The molecule has 3 nitrogen and oxygen atoms in total. The fourth-order valence-corrected chi connectivity index (χ4v) is 1.99. The van der Waals surface area contributed by atoms with Gasteiger partial charge in [-0.15, -0.1) is 0 Å². The van der Waals surface area contributed by atoms with Gasteiger partial charge in [0.05, 0.1) is 11.2 Å². The van der Waals surface area contributed by atoms with Crippen molar-refractivity contribution in [3.8, 4) is 11.3 Å². The first-order valence-electron chi connectivity index (χ1n) is 6.23. The molecule has 0 bridgehead atoms. The van der Waals surface area contributed by atoms with Crippen LogP contribution < -0.4 is 5.32 Å². The fraction of sp³-hybridized carbons (Fsp3) is 0.333. The molecule has 1 N–H and O–H groups in total. The van der Waals surface area contributed by atoms with Gasteiger partial charge in [0, 0.05) is 15.7 Å². The van der Waals surface area contributed by atoms with Crippen LogP contribution >= 0.6 is 15.9 Å². The van der Waals surface area contributed by atoms with Crippen molar-refractivity contribution in [2.24, 2.45) is 0 Å². The van der Waals surface area contributed by atoms with Crippen LogP contribution in [0.1, 0.15) is 25.4 Å². The van der Waals surface area contributed by atoms with E-state index in [-0.39, 0.29) is 5.54 Å². The molecule has 2 aromatic rings. The van der Waals surface area contributed by atoms with Crippen LogP contribution in [0.15, 0.2) is 34.8 Å². The summed E-state index contributed by atoms with van der Waals surface area (Å²) in [6.07, 6.45) is 0. The zero-order valence-corrected chi connectivity index (χ0v) is 13.2. The quantitative estimate of drug-likeness (QED) is 0.938. The number of aromatic nitrogens is 2. The lowest BCUT2D eigenvalue weighted by Gasteiger charge is -2.23. The first-order chi connectivity index (χ1) is 8.92. The maximum atomic E-state index is 4.69. The number of hydrogen-bond donors (Lipinski definition) is 1. The van der Waals surface area contributed by atoms with Gasteiger partial charge in [0.1, 0.15) is 5.82 Å². The predicted molar refractivity (Wildman–Crippen MR) is 82.0 cm³/mol. The Morgan fingerprint density at radius 1 is 1.11 bits per heavy atom. The minimum atomic E-state index is -0.240. The third-order valence-electron chi connectivity index (χ3n) is 3.18. The molecule has 0 radical (unpaired) electrons. The predicted octanol–water partition coefficient (Wildman–Crippen LogP) is 3.67. The van der Waals surface area contributed by atoms with Crippen molar-refractivity contribution in [3.05, 3.63) is 46.3 Å². The van der Waals surface area contributed by atoms with Crippen LogP contribution in [0.5, 0.6) is 0 Å². The molecule has 0 aliphatic rings. The van der Waals surface area contributed by atoms with Crippen LogP contribution in [0.3, 0.4) is 0 Å². The number of hydrogen-bond acceptors (Lipinski definition) is 3. The van der Waals surface area contributed by atoms with Crippen LogP contribution in [0, 0.1) is 6.92 Å². The first-order valence-corrected chi connectivity index (χ1v) is 7.03. The highest BCUT2D eigenvalue weighted by Crippen LogP contribution is 2.23. The van der Waals surface area contributed by atoms with Gasteiger partial charge in [0.25, 0.3) is 0 Å². The zero-order valence-electron chi connectivity index (χ0n) is 11.7. The zero-order chi connectivity index (χ0) is 14.0. The molecule has 1 aromatic carbocycles. The van der Waals surface area contributed by atoms with Gasteiger partial charge >= 0.3 is 0 Å². The summed E-state index contributed by atoms with van der Waals surface area (Å²) in [5.74, 6) is 0.813. The monoisotopic (exact) mass is 319 g/mol. The molecule has 0 unspecified atom stereocenters. The van der Waals surface area contributed by atoms with E-state index in [0.29, 0.717) is 0 Å². The normalized spacial score (nSPS) is 11.6. The van der Waals surface area contributed by atoms with Crippen LogP contribution in [0.4, 0.5) is 0 Å². The summed E-state index contributed by atoms with van der Waals surface area (Å²) < 4.78 is 1.07. The molecule has 0 spiro atoms. The lowest BCUT2D eigenvalue weighted by molar-refractivity contribution is 0.416. The van der Waals surface area contributed by atoms with E-state index < -0.39 is 0 Å². The van der Waals surface area contributed by atoms with E-state index in [2.05, 4.69) is 57.2 Å². The smallest absolute Gasteiger partial charge is 0.148 e. The maximum Gasteiger partial charge on any atom is 0.148 e. The Balaban J connectivity index is 2.50. The Bertz CT molecular complexity index is 576. The maximum absolute atomic E-state index is 4.69. The Kier molecular flexibility index (Phi) is 4.02. The van der Waals surface area contributed by atoms with E-state index in [1.165, 1.54) is 0 Å². The number of nitrogens with one attached hydrogen (secondary N) is 1. The molecule has 1 aromatic heterocycles. The van der Waals surface area contributed by atoms with Crippen molar-refractivity contribution in [2.45, 2.75) is 26.3 Å². The van der Waals surface area contributed by atoms with Crippen LogP contribution in [-0.2, 0) is 5.54 Å². The highest BCUT2D eigenvalue weighted by atomic mass is 79.9. The van der Waals surface area contributed by atoms with Crippen LogP contribution in [0.25, 0.3) is 11.3 Å². The van der Waals surface area contributed by atoms with E-state index in [9.17, 15) is 0 Å². The number of nitrogens with zero attached hydrogens (tertiary/aromatic N) is 2. The van der Waals surface area contributed by atoms with E-state index in [1.807, 2.05) is 32.2 Å². The standard InChI is InChI=1S/C15H18BrN3/c1-10-9-13(11-5-7-12(16)8-6-11)19-14(18-10)15(2,3)17-4/h5-9,17H,1-4H3. The minimum absolute atomic E-state index is 0.240. The molecule has 19 heavy (non-hydrogen) atoms. The molecule has 0 saturated carbocycles. The van der Waals surface area contributed by atoms with Crippen molar-refractivity contribution < 1.29 is 0 Å². The molecule has 1 heterocycles. The molecular formula is C15H18BrN3. The molecule has 0 fully saturated rings. The van der Waals surface area contributed by atoms with Gasteiger partial charge in [-0.3, -0.25) is 0 Å². The number of benzene rings is 1. The Labute approximate surface area is 122 Å². The molecular weight excluding hydrogens is 302 g/mol. The van der Waals surface area contributed by atoms with Crippen molar-refractivity contribution in [2.75, 3.05) is 7.05 Å². The molecule has 0 saturated heterocycles. The summed E-state index contributed by atoms with van der Waals surface area (Å²) in [5, 5.41) is 3.24. The Morgan fingerprint density at radius 3 is 2.32 bits per heavy atom. The number of halogens is 1. The Hall–Kier alpha value is -1.26. The lowest BCUT2D eigenvalue weighted by atomic mass is 10.0. The summed E-state index contributed by atoms with van der Waals surface area (Å²) >= 11 is 3.45. The average Bonchev–Trinajstić information content (AvgIpc) is 2.39. The molecule has 0 aliphatic carbocycles. The topological polar surface area (TPSA) is 37.8 Å². The summed E-state index contributed by atoms with van der Waals surface area (Å²) in [6, 6.07) is 10.2. The molecule has 0 aliphatic heterocycles. The van der Waals surface area contributed by atoms with E-state index >= 15 is 0 Å². The summed E-state index contributed by atoms with van der Waals surface area (Å²) in [6.45, 7) is 6.15. The van der Waals surface area contributed by atoms with Crippen LogP contribution in [0.2, 0.25) is 0 Å². The van der Waals surface area contributed by atoms with E-state index in [1.54, 1.807) is 0 Å². The van der Waals surface area contributed by atoms with Gasteiger partial charge in [0.2, 0.25) is 0 Å². The molecule has 0 atom stereocenters. The van der Waals surface area contributed by atoms with Gasteiger partial charge in [-0.25, -0.2) is 9.97 Å².